The van der Waals surface area contributed by atoms with E-state index in [1.807, 2.05) is 41.2 Å². The van der Waals surface area contributed by atoms with Crippen LogP contribution >= 0.6 is 23.2 Å². The Balaban J connectivity index is 1.45. The summed E-state index contributed by atoms with van der Waals surface area (Å²) >= 11 is 12.3. The first-order chi connectivity index (χ1) is 16.0. The summed E-state index contributed by atoms with van der Waals surface area (Å²) in [6.07, 6.45) is 5.79. The van der Waals surface area contributed by atoms with Gasteiger partial charge in [0.2, 0.25) is 5.91 Å². The van der Waals surface area contributed by atoms with Gasteiger partial charge in [0.1, 0.15) is 22.2 Å². The van der Waals surface area contributed by atoms with Crippen molar-refractivity contribution in [3.8, 4) is 22.8 Å². The van der Waals surface area contributed by atoms with Crippen LogP contribution < -0.4 is 4.74 Å². The van der Waals surface area contributed by atoms with Gasteiger partial charge in [-0.1, -0.05) is 35.8 Å². The van der Waals surface area contributed by atoms with E-state index in [0.717, 1.165) is 28.6 Å². The quantitative estimate of drug-likeness (QED) is 0.322. The number of halogens is 2. The van der Waals surface area contributed by atoms with Crippen LogP contribution in [-0.2, 0) is 4.79 Å². The van der Waals surface area contributed by atoms with Crippen molar-refractivity contribution in [3.05, 3.63) is 83.6 Å². The molecule has 0 saturated carbocycles. The fourth-order valence-corrected chi connectivity index (χ4v) is 4.45. The zero-order valence-corrected chi connectivity index (χ0v) is 19.1. The third-order valence-electron chi connectivity index (χ3n) is 5.78. The Labute approximate surface area is 201 Å². The summed E-state index contributed by atoms with van der Waals surface area (Å²) in [5.74, 6) is 1.08. The van der Waals surface area contributed by atoms with Crippen LogP contribution in [0.3, 0.4) is 0 Å². The van der Waals surface area contributed by atoms with Crippen molar-refractivity contribution < 1.29 is 9.53 Å². The molecule has 1 saturated heterocycles. The predicted molar refractivity (Wildman–Crippen MR) is 130 cm³/mol. The number of pyridine rings is 1. The third-order valence-corrected chi connectivity index (χ3v) is 6.58. The second-order valence-electron chi connectivity index (χ2n) is 7.80. The van der Waals surface area contributed by atoms with E-state index in [2.05, 4.69) is 11.6 Å². The van der Waals surface area contributed by atoms with Crippen LogP contribution in [0.15, 0.2) is 73.6 Å². The van der Waals surface area contributed by atoms with Crippen molar-refractivity contribution in [2.75, 3.05) is 13.1 Å². The van der Waals surface area contributed by atoms with E-state index in [1.54, 1.807) is 29.3 Å². The number of benzene rings is 2. The molecule has 0 N–H and O–H groups in total. The number of ether oxygens (including phenoxy) is 1. The van der Waals surface area contributed by atoms with Crippen LogP contribution in [0.1, 0.15) is 12.5 Å². The van der Waals surface area contributed by atoms with Gasteiger partial charge in [0.25, 0.3) is 0 Å². The molecule has 1 unspecified atom stereocenters. The minimum atomic E-state index is -0.0498. The molecule has 2 aromatic carbocycles. The highest BCUT2D eigenvalue weighted by Gasteiger charge is 2.28. The molecule has 1 atom stereocenters. The van der Waals surface area contributed by atoms with E-state index in [-0.39, 0.29) is 11.9 Å². The van der Waals surface area contributed by atoms with E-state index in [1.165, 1.54) is 6.08 Å². The Hall–Kier alpha value is -3.35. The molecule has 0 radical (unpaired) electrons. The Bertz CT molecular complexity index is 1350. The fourth-order valence-electron chi connectivity index (χ4n) is 4.12. The first kappa shape index (κ1) is 21.5. The largest absolute Gasteiger partial charge is 0.456 e. The van der Waals surface area contributed by atoms with Crippen molar-refractivity contribution >= 4 is 40.0 Å². The van der Waals surface area contributed by atoms with Gasteiger partial charge in [-0.3, -0.25) is 14.5 Å². The minimum Gasteiger partial charge on any atom is -0.456 e. The average molecular weight is 479 g/mol. The number of fused-ring (bicyclic) bond motifs is 1. The van der Waals surface area contributed by atoms with Crippen molar-refractivity contribution in [3.63, 3.8) is 0 Å². The highest BCUT2D eigenvalue weighted by Crippen LogP contribution is 2.36. The Morgan fingerprint density at radius 2 is 1.97 bits per heavy atom. The molecule has 1 aliphatic heterocycles. The number of hydrogen-bond donors (Lipinski definition) is 0. The number of likely N-dealkylation sites (tertiary alicyclic amines) is 1. The summed E-state index contributed by atoms with van der Waals surface area (Å²) in [6, 6.07) is 15.0. The summed E-state index contributed by atoms with van der Waals surface area (Å²) in [4.78, 5) is 18.1. The minimum absolute atomic E-state index is 0.0498. The van der Waals surface area contributed by atoms with Crippen LogP contribution in [0.2, 0.25) is 10.0 Å². The third kappa shape index (κ3) is 4.08. The van der Waals surface area contributed by atoms with Crippen molar-refractivity contribution in [2.45, 2.75) is 12.5 Å². The fraction of sp³-hybridized carbons (Fsp3) is 0.160. The second-order valence-corrected chi connectivity index (χ2v) is 8.58. The molecule has 2 aromatic heterocycles. The maximum atomic E-state index is 12.0. The maximum Gasteiger partial charge on any atom is 0.246 e. The zero-order chi connectivity index (χ0) is 22.9. The SMILES string of the molecule is C=CC(=O)N1CCC(n2nc(-c3ccc(Oc4cccc(Cl)c4Cl)cc3)c3cnccc32)C1. The smallest absolute Gasteiger partial charge is 0.246 e. The number of aromatic nitrogens is 3. The van der Waals surface area contributed by atoms with Crippen LogP contribution in [-0.4, -0.2) is 38.7 Å². The predicted octanol–water partition coefficient (Wildman–Crippen LogP) is 6.16. The lowest BCUT2D eigenvalue weighted by atomic mass is 10.1. The van der Waals surface area contributed by atoms with Gasteiger partial charge in [-0.05, 0) is 55.0 Å². The monoisotopic (exact) mass is 478 g/mol. The topological polar surface area (TPSA) is 60.2 Å². The van der Waals surface area contributed by atoms with Crippen molar-refractivity contribution in [1.82, 2.24) is 19.7 Å². The van der Waals surface area contributed by atoms with E-state index in [0.29, 0.717) is 34.6 Å². The Morgan fingerprint density at radius 1 is 1.15 bits per heavy atom. The highest BCUT2D eigenvalue weighted by atomic mass is 35.5. The number of amides is 1. The Morgan fingerprint density at radius 3 is 2.76 bits per heavy atom. The summed E-state index contributed by atoms with van der Waals surface area (Å²) in [5, 5.41) is 6.71. The van der Waals surface area contributed by atoms with Crippen LogP contribution in [0, 0.1) is 0 Å². The first-order valence-corrected chi connectivity index (χ1v) is 11.3. The van der Waals surface area contributed by atoms with Gasteiger partial charge in [0, 0.05) is 36.4 Å². The van der Waals surface area contributed by atoms with E-state index >= 15 is 0 Å². The molecule has 33 heavy (non-hydrogen) atoms. The van der Waals surface area contributed by atoms with Gasteiger partial charge in [0.05, 0.1) is 16.6 Å². The lowest BCUT2D eigenvalue weighted by Gasteiger charge is -2.15. The molecule has 6 nitrogen and oxygen atoms in total. The number of hydrogen-bond acceptors (Lipinski definition) is 4. The lowest BCUT2D eigenvalue weighted by Crippen LogP contribution is -2.27. The normalized spacial score (nSPS) is 15.7. The first-order valence-electron chi connectivity index (χ1n) is 10.5. The molecule has 0 bridgehead atoms. The van der Waals surface area contributed by atoms with Crippen molar-refractivity contribution in [1.29, 1.82) is 0 Å². The van der Waals surface area contributed by atoms with E-state index in [9.17, 15) is 4.79 Å². The highest BCUT2D eigenvalue weighted by molar-refractivity contribution is 6.42. The van der Waals surface area contributed by atoms with Crippen LogP contribution in [0.4, 0.5) is 0 Å². The number of carbonyl (C=O) groups excluding carboxylic acids is 1. The molecule has 0 aliphatic carbocycles. The Kier molecular flexibility index (Phi) is 5.79. The van der Waals surface area contributed by atoms with E-state index in [4.69, 9.17) is 33.0 Å². The van der Waals surface area contributed by atoms with Gasteiger partial charge in [-0.2, -0.15) is 5.10 Å². The number of rotatable bonds is 5. The summed E-state index contributed by atoms with van der Waals surface area (Å²) in [5.41, 5.74) is 2.76. The number of carbonyl (C=O) groups is 1. The van der Waals surface area contributed by atoms with Gasteiger partial charge >= 0.3 is 0 Å². The van der Waals surface area contributed by atoms with Crippen molar-refractivity contribution in [2.24, 2.45) is 0 Å². The van der Waals surface area contributed by atoms with Crippen LogP contribution in [0.5, 0.6) is 11.5 Å². The van der Waals surface area contributed by atoms with Gasteiger partial charge < -0.3 is 9.64 Å². The molecule has 8 heteroatoms. The molecule has 3 heterocycles. The molecule has 166 valence electrons. The summed E-state index contributed by atoms with van der Waals surface area (Å²) in [6.45, 7) is 4.89. The maximum absolute atomic E-state index is 12.0. The van der Waals surface area contributed by atoms with E-state index < -0.39 is 0 Å². The lowest BCUT2D eigenvalue weighted by molar-refractivity contribution is -0.125. The summed E-state index contributed by atoms with van der Waals surface area (Å²) < 4.78 is 7.91. The summed E-state index contributed by atoms with van der Waals surface area (Å²) in [7, 11) is 0. The molecular formula is C25H20Cl2N4O2. The molecule has 0 spiro atoms. The number of nitrogens with zero attached hydrogens (tertiary/aromatic N) is 4. The molecule has 4 aromatic rings. The van der Waals surface area contributed by atoms with Crippen LogP contribution in [0.25, 0.3) is 22.2 Å². The van der Waals surface area contributed by atoms with Gasteiger partial charge in [-0.25, -0.2) is 0 Å². The molecule has 1 fully saturated rings. The van der Waals surface area contributed by atoms with Gasteiger partial charge in [-0.15, -0.1) is 0 Å². The molecule has 1 aliphatic rings. The molecule has 5 rings (SSSR count). The average Bonchev–Trinajstić information content (AvgIpc) is 3.47. The van der Waals surface area contributed by atoms with Gasteiger partial charge in [0.15, 0.2) is 0 Å². The molecule has 1 amide bonds. The second kappa shape index (κ2) is 8.89. The molecular weight excluding hydrogens is 459 g/mol. The standard InChI is InChI=1S/C25H20Cl2N4O2/c1-2-23(32)30-13-11-17(15-30)31-21-10-12-28-14-19(21)25(29-31)16-6-8-18(9-7-16)33-22-5-3-4-20(26)24(22)27/h2-10,12,14,17H,1,11,13,15H2. The zero-order valence-electron chi connectivity index (χ0n) is 17.6.